The smallest absolute Gasteiger partial charge is 0.209 e. The molecule has 6 heteroatoms. The van der Waals surface area contributed by atoms with Gasteiger partial charge in [0, 0.05) is 13.7 Å². The molecule has 0 amide bonds. The summed E-state index contributed by atoms with van der Waals surface area (Å²) in [6.07, 6.45) is 0.769. The third-order valence-electron chi connectivity index (χ3n) is 2.32. The molecule has 0 aromatic carbocycles. The molecule has 0 aliphatic rings. The molecule has 0 aliphatic heterocycles. The Morgan fingerprint density at radius 3 is 2.38 bits per heavy atom. The van der Waals surface area contributed by atoms with Gasteiger partial charge in [-0.3, -0.25) is 0 Å². The minimum Gasteiger partial charge on any atom is -0.381 e. The van der Waals surface area contributed by atoms with Gasteiger partial charge in [0.2, 0.25) is 10.0 Å². The average molecular weight is 253 g/mol. The van der Waals surface area contributed by atoms with Crippen molar-refractivity contribution in [1.82, 2.24) is 0 Å². The Hall–Kier alpha value is -0.170. The predicted molar refractivity (Wildman–Crippen MR) is 63.7 cm³/mol. The van der Waals surface area contributed by atoms with Crippen molar-refractivity contribution in [2.45, 2.75) is 32.8 Å². The van der Waals surface area contributed by atoms with Crippen molar-refractivity contribution < 1.29 is 17.9 Å². The molecule has 0 spiro atoms. The van der Waals surface area contributed by atoms with Gasteiger partial charge in [-0.15, -0.1) is 0 Å². The van der Waals surface area contributed by atoms with Gasteiger partial charge in [0.1, 0.15) is 0 Å². The Bertz CT molecular complexity index is 287. The topological polar surface area (TPSA) is 78.6 Å². The number of primary sulfonamides is 1. The monoisotopic (exact) mass is 253 g/mol. The third-order valence-corrected chi connectivity index (χ3v) is 3.35. The van der Waals surface area contributed by atoms with Gasteiger partial charge < -0.3 is 9.47 Å². The van der Waals surface area contributed by atoms with Crippen LogP contribution in [-0.2, 0) is 19.5 Å². The second-order valence-electron chi connectivity index (χ2n) is 4.72. The molecule has 0 saturated carbocycles. The number of sulfonamides is 1. The van der Waals surface area contributed by atoms with Crippen LogP contribution in [0.5, 0.6) is 0 Å². The van der Waals surface area contributed by atoms with Crippen LogP contribution in [0.25, 0.3) is 0 Å². The molecule has 5 nitrogen and oxygen atoms in total. The highest BCUT2D eigenvalue weighted by molar-refractivity contribution is 7.89. The highest BCUT2D eigenvalue weighted by atomic mass is 32.2. The van der Waals surface area contributed by atoms with Crippen molar-refractivity contribution in [3.8, 4) is 0 Å². The van der Waals surface area contributed by atoms with Gasteiger partial charge in [-0.25, -0.2) is 13.6 Å². The molecule has 0 aliphatic carbocycles. The lowest BCUT2D eigenvalue weighted by atomic mass is 10.1. The standard InChI is InChI=1S/C10H23NO4S/c1-9(8-16(11,12)13)7-15-6-5-10(2,3)14-4/h9H,5-8H2,1-4H3,(H2,11,12,13). The first-order valence-electron chi connectivity index (χ1n) is 5.29. The van der Waals surface area contributed by atoms with E-state index in [2.05, 4.69) is 0 Å². The summed E-state index contributed by atoms with van der Waals surface area (Å²) < 4.78 is 32.2. The highest BCUT2D eigenvalue weighted by Crippen LogP contribution is 2.12. The maximum atomic E-state index is 10.8. The summed E-state index contributed by atoms with van der Waals surface area (Å²) in [5, 5.41) is 4.93. The SMILES string of the molecule is COC(C)(C)CCOCC(C)CS(N)(=O)=O. The van der Waals surface area contributed by atoms with Gasteiger partial charge in [0.25, 0.3) is 0 Å². The molecule has 0 fully saturated rings. The van der Waals surface area contributed by atoms with E-state index < -0.39 is 10.0 Å². The van der Waals surface area contributed by atoms with Crippen molar-refractivity contribution in [2.75, 3.05) is 26.1 Å². The Morgan fingerprint density at radius 2 is 1.94 bits per heavy atom. The maximum Gasteiger partial charge on any atom is 0.209 e. The lowest BCUT2D eigenvalue weighted by molar-refractivity contribution is -0.0128. The first kappa shape index (κ1) is 15.8. The molecule has 98 valence electrons. The molecule has 0 aromatic heterocycles. The molecule has 0 rings (SSSR count). The van der Waals surface area contributed by atoms with E-state index in [1.165, 1.54) is 0 Å². The van der Waals surface area contributed by atoms with E-state index in [1.54, 1.807) is 14.0 Å². The molecule has 0 heterocycles. The van der Waals surface area contributed by atoms with Crippen molar-refractivity contribution in [3.63, 3.8) is 0 Å². The summed E-state index contributed by atoms with van der Waals surface area (Å²) in [6.45, 7) is 6.70. The van der Waals surface area contributed by atoms with Gasteiger partial charge in [-0.1, -0.05) is 6.92 Å². The fraction of sp³-hybridized carbons (Fsp3) is 1.00. The minimum absolute atomic E-state index is 0.0410. The van der Waals surface area contributed by atoms with Crippen LogP contribution in [-0.4, -0.2) is 40.1 Å². The van der Waals surface area contributed by atoms with Crippen molar-refractivity contribution >= 4 is 10.0 Å². The zero-order valence-corrected chi connectivity index (χ0v) is 11.3. The molecule has 0 radical (unpaired) electrons. The number of ether oxygens (including phenoxy) is 2. The Balaban J connectivity index is 3.68. The minimum atomic E-state index is -3.40. The van der Waals surface area contributed by atoms with Crippen molar-refractivity contribution in [2.24, 2.45) is 11.1 Å². The zero-order valence-electron chi connectivity index (χ0n) is 10.5. The Morgan fingerprint density at radius 1 is 1.38 bits per heavy atom. The quantitative estimate of drug-likeness (QED) is 0.647. The van der Waals surface area contributed by atoms with E-state index in [9.17, 15) is 8.42 Å². The molecule has 0 aromatic rings. The summed E-state index contributed by atoms with van der Waals surface area (Å²) in [4.78, 5) is 0. The first-order valence-corrected chi connectivity index (χ1v) is 7.01. The number of hydrogen-bond acceptors (Lipinski definition) is 4. The second kappa shape index (κ2) is 6.54. The highest BCUT2D eigenvalue weighted by Gasteiger charge is 2.16. The molecule has 0 saturated heterocycles. The predicted octanol–water partition coefficient (Wildman–Crippen LogP) is 0.743. The molecule has 2 N–H and O–H groups in total. The van der Waals surface area contributed by atoms with E-state index in [4.69, 9.17) is 14.6 Å². The van der Waals surface area contributed by atoms with Crippen LogP contribution in [0.3, 0.4) is 0 Å². The van der Waals surface area contributed by atoms with Crippen LogP contribution in [0, 0.1) is 5.92 Å². The molecular formula is C10H23NO4S. The van der Waals surface area contributed by atoms with Gasteiger partial charge in [-0.2, -0.15) is 0 Å². The first-order chi connectivity index (χ1) is 7.16. The van der Waals surface area contributed by atoms with Gasteiger partial charge in [0.15, 0.2) is 0 Å². The van der Waals surface area contributed by atoms with Crippen molar-refractivity contribution in [3.05, 3.63) is 0 Å². The summed E-state index contributed by atoms with van der Waals surface area (Å²) >= 11 is 0. The van der Waals surface area contributed by atoms with E-state index >= 15 is 0 Å². The van der Waals surface area contributed by atoms with E-state index in [0.717, 1.165) is 6.42 Å². The largest absolute Gasteiger partial charge is 0.381 e. The van der Waals surface area contributed by atoms with Gasteiger partial charge >= 0.3 is 0 Å². The fourth-order valence-corrected chi connectivity index (χ4v) is 2.04. The van der Waals surface area contributed by atoms with Crippen LogP contribution in [0.1, 0.15) is 27.2 Å². The van der Waals surface area contributed by atoms with Crippen molar-refractivity contribution in [1.29, 1.82) is 0 Å². The zero-order chi connectivity index (χ0) is 12.8. The number of methoxy groups -OCH3 is 1. The van der Waals surface area contributed by atoms with Crippen LogP contribution < -0.4 is 5.14 Å². The lowest BCUT2D eigenvalue weighted by Crippen LogP contribution is -2.27. The van der Waals surface area contributed by atoms with Crippen LogP contribution in [0.15, 0.2) is 0 Å². The van der Waals surface area contributed by atoms with E-state index in [0.29, 0.717) is 13.2 Å². The van der Waals surface area contributed by atoms with Crippen LogP contribution in [0.4, 0.5) is 0 Å². The average Bonchev–Trinajstić information content (AvgIpc) is 2.10. The molecule has 1 unspecified atom stereocenters. The van der Waals surface area contributed by atoms with Gasteiger partial charge in [0.05, 0.1) is 18.0 Å². The lowest BCUT2D eigenvalue weighted by Gasteiger charge is -2.22. The molecule has 16 heavy (non-hydrogen) atoms. The Kier molecular flexibility index (Phi) is 6.47. The summed E-state index contributed by atoms with van der Waals surface area (Å²) in [7, 11) is -1.74. The van der Waals surface area contributed by atoms with Crippen LogP contribution >= 0.6 is 0 Å². The number of hydrogen-bond donors (Lipinski definition) is 1. The van der Waals surface area contributed by atoms with Crippen LogP contribution in [0.2, 0.25) is 0 Å². The summed E-state index contributed by atoms with van der Waals surface area (Å²) in [5.41, 5.74) is -0.205. The summed E-state index contributed by atoms with van der Waals surface area (Å²) in [5.74, 6) is -0.124. The third kappa shape index (κ3) is 9.08. The summed E-state index contributed by atoms with van der Waals surface area (Å²) in [6, 6.07) is 0. The van der Waals surface area contributed by atoms with Gasteiger partial charge in [-0.05, 0) is 26.2 Å². The Labute approximate surface area is 98.4 Å². The number of nitrogens with two attached hydrogens (primary N) is 1. The molecular weight excluding hydrogens is 230 g/mol. The normalized spacial score (nSPS) is 15.1. The molecule has 0 bridgehead atoms. The number of rotatable bonds is 8. The van der Waals surface area contributed by atoms with E-state index in [-0.39, 0.29) is 17.3 Å². The maximum absolute atomic E-state index is 10.8. The fourth-order valence-electron chi connectivity index (χ4n) is 1.15. The molecule has 1 atom stereocenters. The second-order valence-corrected chi connectivity index (χ2v) is 6.38. The van der Waals surface area contributed by atoms with E-state index in [1.807, 2.05) is 13.8 Å².